The summed E-state index contributed by atoms with van der Waals surface area (Å²) in [6.07, 6.45) is -2.06. The standard InChI is InChI=1S/C10H17F4NOS/c1-9(11,10(12,13)14)8(16)15-6-4-2-3-5-7-17/h17H,2-7H2,1H3,(H,15,16). The molecule has 0 aromatic rings. The number of hydrogen-bond acceptors (Lipinski definition) is 2. The lowest BCUT2D eigenvalue weighted by Crippen LogP contribution is -2.51. The van der Waals surface area contributed by atoms with Crippen LogP contribution in [0.2, 0.25) is 0 Å². The first-order valence-corrected chi connectivity index (χ1v) is 6.01. The van der Waals surface area contributed by atoms with Crippen LogP contribution in [0.25, 0.3) is 0 Å². The van der Waals surface area contributed by atoms with Crippen LogP contribution in [0.1, 0.15) is 32.6 Å². The summed E-state index contributed by atoms with van der Waals surface area (Å²) >= 11 is 4.00. The minimum absolute atomic E-state index is 0.0565. The number of hydrogen-bond donors (Lipinski definition) is 2. The molecule has 0 saturated heterocycles. The number of halogens is 4. The molecule has 0 fully saturated rings. The van der Waals surface area contributed by atoms with Crippen molar-refractivity contribution in [3.8, 4) is 0 Å². The van der Waals surface area contributed by atoms with Crippen LogP contribution >= 0.6 is 12.6 Å². The Labute approximate surface area is 104 Å². The predicted molar refractivity (Wildman–Crippen MR) is 60.9 cm³/mol. The van der Waals surface area contributed by atoms with Gasteiger partial charge in [-0.15, -0.1) is 0 Å². The molecule has 7 heteroatoms. The van der Waals surface area contributed by atoms with Gasteiger partial charge in [-0.1, -0.05) is 12.8 Å². The minimum Gasteiger partial charge on any atom is -0.353 e. The largest absolute Gasteiger partial charge is 0.431 e. The maximum atomic E-state index is 13.1. The van der Waals surface area contributed by atoms with Crippen LogP contribution in [0.4, 0.5) is 17.6 Å². The fourth-order valence-corrected chi connectivity index (χ4v) is 1.31. The van der Waals surface area contributed by atoms with E-state index in [1.54, 1.807) is 0 Å². The number of carbonyl (C=O) groups excluding carboxylic acids is 1. The van der Waals surface area contributed by atoms with Gasteiger partial charge < -0.3 is 5.32 Å². The summed E-state index contributed by atoms with van der Waals surface area (Å²) in [5.74, 6) is -0.873. The Hall–Kier alpha value is -0.460. The fourth-order valence-electron chi connectivity index (χ4n) is 1.09. The molecule has 17 heavy (non-hydrogen) atoms. The van der Waals surface area contributed by atoms with E-state index in [0.717, 1.165) is 25.0 Å². The van der Waals surface area contributed by atoms with E-state index in [0.29, 0.717) is 6.42 Å². The zero-order valence-corrected chi connectivity index (χ0v) is 10.5. The molecule has 1 amide bonds. The van der Waals surface area contributed by atoms with E-state index in [9.17, 15) is 22.4 Å². The second-order valence-corrected chi connectivity index (χ2v) is 4.34. The van der Waals surface area contributed by atoms with Crippen LogP contribution in [0.3, 0.4) is 0 Å². The van der Waals surface area contributed by atoms with Crippen LogP contribution in [-0.4, -0.2) is 30.0 Å². The Bertz CT molecular complexity index is 243. The van der Waals surface area contributed by atoms with E-state index < -0.39 is 17.8 Å². The van der Waals surface area contributed by atoms with Crippen LogP contribution in [-0.2, 0) is 4.79 Å². The Morgan fingerprint density at radius 3 is 2.12 bits per heavy atom. The summed E-state index contributed by atoms with van der Waals surface area (Å²) < 4.78 is 49.4. The van der Waals surface area contributed by atoms with E-state index in [1.807, 2.05) is 5.32 Å². The summed E-state index contributed by atoms with van der Waals surface area (Å²) in [7, 11) is 0. The summed E-state index contributed by atoms with van der Waals surface area (Å²) in [6, 6.07) is 0. The van der Waals surface area contributed by atoms with Crippen molar-refractivity contribution in [2.45, 2.75) is 44.5 Å². The molecule has 0 heterocycles. The van der Waals surface area contributed by atoms with Crippen molar-refractivity contribution >= 4 is 18.5 Å². The van der Waals surface area contributed by atoms with Crippen molar-refractivity contribution < 1.29 is 22.4 Å². The number of rotatable bonds is 7. The first-order valence-electron chi connectivity index (χ1n) is 5.38. The summed E-state index contributed by atoms with van der Waals surface area (Å²) in [4.78, 5) is 11.0. The van der Waals surface area contributed by atoms with Gasteiger partial charge in [-0.05, 0) is 25.5 Å². The van der Waals surface area contributed by atoms with Gasteiger partial charge in [-0.2, -0.15) is 25.8 Å². The average molecular weight is 275 g/mol. The molecule has 1 atom stereocenters. The monoisotopic (exact) mass is 275 g/mol. The number of unbranched alkanes of at least 4 members (excludes halogenated alkanes) is 3. The molecule has 0 rings (SSSR count). The van der Waals surface area contributed by atoms with Crippen LogP contribution in [0, 0.1) is 0 Å². The molecular weight excluding hydrogens is 258 g/mol. The smallest absolute Gasteiger partial charge is 0.353 e. The Kier molecular flexibility index (Phi) is 6.89. The van der Waals surface area contributed by atoms with Gasteiger partial charge in [-0.3, -0.25) is 4.79 Å². The number of nitrogens with one attached hydrogen (secondary N) is 1. The molecule has 1 unspecified atom stereocenters. The zero-order valence-electron chi connectivity index (χ0n) is 9.61. The second kappa shape index (κ2) is 7.08. The maximum Gasteiger partial charge on any atom is 0.431 e. The third-order valence-corrected chi connectivity index (χ3v) is 2.65. The van der Waals surface area contributed by atoms with Gasteiger partial charge in [0.2, 0.25) is 0 Å². The van der Waals surface area contributed by atoms with Gasteiger partial charge in [0.05, 0.1) is 0 Å². The highest BCUT2D eigenvalue weighted by atomic mass is 32.1. The third-order valence-electron chi connectivity index (χ3n) is 2.33. The minimum atomic E-state index is -5.18. The summed E-state index contributed by atoms with van der Waals surface area (Å²) in [5, 5.41) is 1.95. The number of amides is 1. The van der Waals surface area contributed by atoms with Gasteiger partial charge in [0, 0.05) is 6.54 Å². The van der Waals surface area contributed by atoms with Gasteiger partial charge >= 0.3 is 6.18 Å². The topological polar surface area (TPSA) is 29.1 Å². The predicted octanol–water partition coefficient (Wildman–Crippen LogP) is 2.88. The van der Waals surface area contributed by atoms with Crippen molar-refractivity contribution in [2.75, 3.05) is 12.3 Å². The van der Waals surface area contributed by atoms with Gasteiger partial charge in [0.15, 0.2) is 0 Å². The summed E-state index contributed by atoms with van der Waals surface area (Å²) in [6.45, 7) is 0.282. The SMILES string of the molecule is CC(F)(C(=O)NCCCCCCS)C(F)(F)F. The third kappa shape index (κ3) is 5.61. The van der Waals surface area contributed by atoms with E-state index in [-0.39, 0.29) is 13.5 Å². The molecular formula is C10H17F4NOS. The molecule has 1 N–H and O–H groups in total. The van der Waals surface area contributed by atoms with Crippen LogP contribution in [0.5, 0.6) is 0 Å². The molecule has 102 valence electrons. The molecule has 0 saturated carbocycles. The van der Waals surface area contributed by atoms with Gasteiger partial charge in [0.1, 0.15) is 0 Å². The lowest BCUT2D eigenvalue weighted by molar-refractivity contribution is -0.221. The quantitative estimate of drug-likeness (QED) is 0.417. The van der Waals surface area contributed by atoms with E-state index in [2.05, 4.69) is 12.6 Å². The van der Waals surface area contributed by atoms with Crippen molar-refractivity contribution in [1.29, 1.82) is 0 Å². The Balaban J connectivity index is 3.87. The number of carbonyl (C=O) groups is 1. The first-order chi connectivity index (χ1) is 7.73. The van der Waals surface area contributed by atoms with E-state index >= 15 is 0 Å². The van der Waals surface area contributed by atoms with Gasteiger partial charge in [-0.25, -0.2) is 4.39 Å². The molecule has 0 radical (unpaired) electrons. The molecule has 0 aliphatic heterocycles. The molecule has 0 aromatic heterocycles. The first kappa shape index (κ1) is 16.5. The lowest BCUT2D eigenvalue weighted by atomic mass is 10.1. The molecule has 0 aliphatic carbocycles. The normalized spacial score (nSPS) is 15.4. The highest BCUT2D eigenvalue weighted by Crippen LogP contribution is 2.33. The molecule has 0 aromatic carbocycles. The van der Waals surface area contributed by atoms with Crippen molar-refractivity contribution in [3.63, 3.8) is 0 Å². The second-order valence-electron chi connectivity index (χ2n) is 3.89. The van der Waals surface area contributed by atoms with Crippen molar-refractivity contribution in [2.24, 2.45) is 0 Å². The van der Waals surface area contributed by atoms with Crippen molar-refractivity contribution in [1.82, 2.24) is 5.32 Å². The summed E-state index contributed by atoms with van der Waals surface area (Å²) in [5.41, 5.74) is -3.82. The molecule has 0 bridgehead atoms. The Morgan fingerprint density at radius 1 is 1.12 bits per heavy atom. The molecule has 2 nitrogen and oxygen atoms in total. The average Bonchev–Trinajstić information content (AvgIpc) is 2.21. The fraction of sp³-hybridized carbons (Fsp3) is 0.900. The van der Waals surface area contributed by atoms with Crippen molar-refractivity contribution in [3.05, 3.63) is 0 Å². The molecule has 0 spiro atoms. The van der Waals surface area contributed by atoms with Crippen LogP contribution in [0.15, 0.2) is 0 Å². The highest BCUT2D eigenvalue weighted by molar-refractivity contribution is 7.80. The van der Waals surface area contributed by atoms with E-state index in [4.69, 9.17) is 0 Å². The zero-order chi connectivity index (χ0) is 13.5. The Morgan fingerprint density at radius 2 is 1.65 bits per heavy atom. The number of thiol groups is 1. The van der Waals surface area contributed by atoms with Crippen LogP contribution < -0.4 is 5.32 Å². The maximum absolute atomic E-state index is 13.1. The highest BCUT2D eigenvalue weighted by Gasteiger charge is 2.57. The number of alkyl halides is 4. The van der Waals surface area contributed by atoms with Gasteiger partial charge in [0.25, 0.3) is 11.6 Å². The lowest BCUT2D eigenvalue weighted by Gasteiger charge is -2.22. The van der Waals surface area contributed by atoms with E-state index in [1.165, 1.54) is 0 Å². The molecule has 0 aliphatic rings.